The van der Waals surface area contributed by atoms with E-state index in [-0.39, 0.29) is 0 Å². The largest absolute Gasteiger partial charge is 0.326 e. The molecule has 88 valence electrons. The van der Waals surface area contributed by atoms with Crippen molar-refractivity contribution in [3.05, 3.63) is 0 Å². The Bertz CT molecular complexity index is 195. The first-order valence-corrected chi connectivity index (χ1v) is 6.45. The first kappa shape index (κ1) is 11.4. The zero-order valence-corrected chi connectivity index (χ0v) is 9.99. The summed E-state index contributed by atoms with van der Waals surface area (Å²) in [6, 6.07) is 1.10. The minimum absolute atomic E-state index is 0.433. The van der Waals surface area contributed by atoms with E-state index in [4.69, 9.17) is 5.73 Å². The molecule has 0 spiro atoms. The quantitative estimate of drug-likeness (QED) is 0.699. The van der Waals surface area contributed by atoms with Gasteiger partial charge in [0.1, 0.15) is 0 Å². The maximum atomic E-state index is 6.24. The second-order valence-electron chi connectivity index (χ2n) is 5.21. The van der Waals surface area contributed by atoms with Gasteiger partial charge in [0.15, 0.2) is 0 Å². The van der Waals surface area contributed by atoms with Crippen LogP contribution in [0.5, 0.6) is 0 Å². The first-order chi connectivity index (χ1) is 7.27. The Morgan fingerprint density at radius 1 is 0.933 bits per heavy atom. The third-order valence-corrected chi connectivity index (χ3v) is 4.00. The fourth-order valence-corrected chi connectivity index (χ4v) is 2.99. The van der Waals surface area contributed by atoms with Crippen molar-refractivity contribution in [1.29, 1.82) is 0 Å². The predicted molar refractivity (Wildman–Crippen MR) is 63.9 cm³/mol. The summed E-state index contributed by atoms with van der Waals surface area (Å²) in [5, 5.41) is 0. The highest BCUT2D eigenvalue weighted by Crippen LogP contribution is 2.22. The van der Waals surface area contributed by atoms with Crippen LogP contribution in [0.15, 0.2) is 0 Å². The van der Waals surface area contributed by atoms with Gasteiger partial charge in [0, 0.05) is 25.2 Å². The van der Waals surface area contributed by atoms with Crippen LogP contribution >= 0.6 is 0 Å². The van der Waals surface area contributed by atoms with Crippen LogP contribution < -0.4 is 5.73 Å². The van der Waals surface area contributed by atoms with E-state index >= 15 is 0 Å². The van der Waals surface area contributed by atoms with Gasteiger partial charge in [-0.2, -0.15) is 0 Å². The van der Waals surface area contributed by atoms with Gasteiger partial charge in [0.2, 0.25) is 0 Å². The molecule has 2 aliphatic rings. The molecule has 0 radical (unpaired) electrons. The van der Waals surface area contributed by atoms with E-state index in [1.165, 1.54) is 58.3 Å². The minimum Gasteiger partial charge on any atom is -0.326 e. The Balaban J connectivity index is 1.90. The van der Waals surface area contributed by atoms with Gasteiger partial charge in [-0.25, -0.2) is 0 Å². The lowest BCUT2D eigenvalue weighted by Gasteiger charge is -2.37. The Labute approximate surface area is 93.6 Å². The average Bonchev–Trinajstić information content (AvgIpc) is 2.44. The average molecular weight is 211 g/mol. The van der Waals surface area contributed by atoms with Crippen molar-refractivity contribution in [2.75, 3.05) is 33.2 Å². The van der Waals surface area contributed by atoms with Gasteiger partial charge in [-0.15, -0.1) is 0 Å². The topological polar surface area (TPSA) is 32.5 Å². The molecule has 3 heteroatoms. The number of hydrogen-bond acceptors (Lipinski definition) is 3. The molecule has 1 heterocycles. The van der Waals surface area contributed by atoms with Crippen molar-refractivity contribution in [3.63, 3.8) is 0 Å². The van der Waals surface area contributed by atoms with E-state index in [1.54, 1.807) is 0 Å². The van der Waals surface area contributed by atoms with E-state index in [0.717, 1.165) is 0 Å². The third-order valence-electron chi connectivity index (χ3n) is 4.00. The summed E-state index contributed by atoms with van der Waals surface area (Å²) in [4.78, 5) is 5.08. The summed E-state index contributed by atoms with van der Waals surface area (Å²) in [6.45, 7) is 4.93. The lowest BCUT2D eigenvalue weighted by atomic mass is 9.89. The highest BCUT2D eigenvalue weighted by atomic mass is 15.2. The van der Waals surface area contributed by atoms with Crippen LogP contribution in [-0.4, -0.2) is 55.1 Å². The molecule has 2 atom stereocenters. The lowest BCUT2D eigenvalue weighted by molar-refractivity contribution is 0.142. The van der Waals surface area contributed by atoms with Crippen molar-refractivity contribution in [3.8, 4) is 0 Å². The number of rotatable bonds is 1. The van der Waals surface area contributed by atoms with Gasteiger partial charge >= 0.3 is 0 Å². The number of hydrogen-bond donors (Lipinski definition) is 1. The molecule has 2 fully saturated rings. The molecule has 15 heavy (non-hydrogen) atoms. The summed E-state index contributed by atoms with van der Waals surface area (Å²) < 4.78 is 0. The molecule has 3 nitrogen and oxygen atoms in total. The molecule has 0 amide bonds. The molecule has 0 bridgehead atoms. The first-order valence-electron chi connectivity index (χ1n) is 6.45. The van der Waals surface area contributed by atoms with Gasteiger partial charge in [-0.3, -0.25) is 4.90 Å². The Hall–Kier alpha value is -0.120. The molecule has 1 aliphatic heterocycles. The molecular formula is C12H25N3. The van der Waals surface area contributed by atoms with E-state index < -0.39 is 0 Å². The van der Waals surface area contributed by atoms with Crippen LogP contribution in [0.25, 0.3) is 0 Å². The molecule has 2 unspecified atom stereocenters. The number of nitrogens with zero attached hydrogens (tertiary/aromatic N) is 2. The molecule has 2 rings (SSSR count). The maximum absolute atomic E-state index is 6.24. The molecule has 0 aromatic heterocycles. The summed E-state index contributed by atoms with van der Waals surface area (Å²) in [7, 11) is 2.23. The van der Waals surface area contributed by atoms with Crippen LogP contribution in [-0.2, 0) is 0 Å². The van der Waals surface area contributed by atoms with E-state index in [1.807, 2.05) is 0 Å². The summed E-state index contributed by atoms with van der Waals surface area (Å²) in [5.74, 6) is 0. The zero-order chi connectivity index (χ0) is 10.7. The standard InChI is InChI=1S/C12H25N3/c1-14-7-4-8-15(10-9-14)12-6-3-2-5-11(12)13/h11-12H,2-10,13H2,1H3. The van der Waals surface area contributed by atoms with Crippen LogP contribution in [0.1, 0.15) is 32.1 Å². The van der Waals surface area contributed by atoms with Gasteiger partial charge in [-0.1, -0.05) is 12.8 Å². The second-order valence-corrected chi connectivity index (χ2v) is 5.21. The molecular weight excluding hydrogens is 186 g/mol. The highest BCUT2D eigenvalue weighted by molar-refractivity contribution is 4.87. The van der Waals surface area contributed by atoms with Crippen LogP contribution in [0.4, 0.5) is 0 Å². The van der Waals surface area contributed by atoms with Gasteiger partial charge < -0.3 is 10.6 Å². The SMILES string of the molecule is CN1CCCN(C2CCCCC2N)CC1. The molecule has 0 aromatic carbocycles. The fraction of sp³-hybridized carbons (Fsp3) is 1.00. The van der Waals surface area contributed by atoms with Crippen molar-refractivity contribution in [1.82, 2.24) is 9.80 Å². The third kappa shape index (κ3) is 2.92. The minimum atomic E-state index is 0.433. The normalized spacial score (nSPS) is 36.4. The van der Waals surface area contributed by atoms with Crippen molar-refractivity contribution in [2.24, 2.45) is 5.73 Å². The Morgan fingerprint density at radius 3 is 2.53 bits per heavy atom. The van der Waals surface area contributed by atoms with E-state index in [0.29, 0.717) is 12.1 Å². The van der Waals surface area contributed by atoms with Crippen molar-refractivity contribution < 1.29 is 0 Å². The van der Waals surface area contributed by atoms with Crippen LogP contribution in [0.3, 0.4) is 0 Å². The molecule has 0 aromatic rings. The number of likely N-dealkylation sites (N-methyl/N-ethyl adjacent to an activating group) is 1. The molecule has 1 saturated carbocycles. The second kappa shape index (κ2) is 5.28. The highest BCUT2D eigenvalue weighted by Gasteiger charge is 2.28. The van der Waals surface area contributed by atoms with Crippen molar-refractivity contribution >= 4 is 0 Å². The number of nitrogens with two attached hydrogens (primary N) is 1. The molecule has 2 N–H and O–H groups in total. The molecule has 1 saturated heterocycles. The Morgan fingerprint density at radius 2 is 1.73 bits per heavy atom. The van der Waals surface area contributed by atoms with E-state index in [2.05, 4.69) is 16.8 Å². The maximum Gasteiger partial charge on any atom is 0.0247 e. The summed E-state index contributed by atoms with van der Waals surface area (Å²) in [6.07, 6.45) is 6.58. The monoisotopic (exact) mass is 211 g/mol. The Kier molecular flexibility index (Phi) is 4.00. The lowest BCUT2D eigenvalue weighted by Crippen LogP contribution is -2.50. The summed E-state index contributed by atoms with van der Waals surface area (Å²) >= 11 is 0. The zero-order valence-electron chi connectivity index (χ0n) is 9.99. The van der Waals surface area contributed by atoms with Crippen LogP contribution in [0.2, 0.25) is 0 Å². The van der Waals surface area contributed by atoms with Gasteiger partial charge in [0.25, 0.3) is 0 Å². The van der Waals surface area contributed by atoms with Gasteiger partial charge in [0.05, 0.1) is 0 Å². The van der Waals surface area contributed by atoms with Gasteiger partial charge in [-0.05, 0) is 39.4 Å². The fourth-order valence-electron chi connectivity index (χ4n) is 2.99. The summed E-state index contributed by atoms with van der Waals surface area (Å²) in [5.41, 5.74) is 6.24. The predicted octanol–water partition coefficient (Wildman–Crippen LogP) is 0.894. The smallest absolute Gasteiger partial charge is 0.0247 e. The molecule has 1 aliphatic carbocycles. The van der Waals surface area contributed by atoms with Crippen LogP contribution in [0, 0.1) is 0 Å². The van der Waals surface area contributed by atoms with Crippen molar-refractivity contribution in [2.45, 2.75) is 44.2 Å². The van der Waals surface area contributed by atoms with E-state index in [9.17, 15) is 0 Å².